The van der Waals surface area contributed by atoms with Gasteiger partial charge in [0.15, 0.2) is 11.7 Å². The Labute approximate surface area is 177 Å². The van der Waals surface area contributed by atoms with Crippen molar-refractivity contribution in [2.75, 3.05) is 11.9 Å². The molecule has 1 aliphatic rings. The maximum Gasteiger partial charge on any atom is 0.263 e. The van der Waals surface area contributed by atoms with E-state index in [2.05, 4.69) is 16.0 Å². The minimum atomic E-state index is -0.594. The average Bonchev–Trinajstić information content (AvgIpc) is 2.64. The number of hydrogen-bond acceptors (Lipinski definition) is 5. The summed E-state index contributed by atoms with van der Waals surface area (Å²) in [5.74, 6) is -1.22. The van der Waals surface area contributed by atoms with Gasteiger partial charge in [0, 0.05) is 5.69 Å². The summed E-state index contributed by atoms with van der Waals surface area (Å²) in [6.07, 6.45) is 1.38. The van der Waals surface area contributed by atoms with Gasteiger partial charge < -0.3 is 10.1 Å². The van der Waals surface area contributed by atoms with Crippen molar-refractivity contribution in [1.29, 1.82) is 0 Å². The summed E-state index contributed by atoms with van der Waals surface area (Å²) in [4.78, 5) is 35.8. The van der Waals surface area contributed by atoms with E-state index in [-0.39, 0.29) is 28.2 Å². The molecule has 1 fully saturated rings. The van der Waals surface area contributed by atoms with Crippen LogP contribution in [0.1, 0.15) is 11.1 Å². The van der Waals surface area contributed by atoms with Crippen LogP contribution in [0, 0.1) is 6.92 Å². The van der Waals surface area contributed by atoms with Crippen molar-refractivity contribution in [2.45, 2.75) is 6.92 Å². The standard InChI is InChI=1S/C20H16ClN3O4S/c1-11-3-2-4-13(7-11)22-17(25)10-28-16-6-5-12(9-15(16)21)8-14-18(26)23-20(29)24-19(14)27/h2-9H,10H2,1H3,(H,22,25)(H2,23,24,26,27,29). The molecule has 0 bridgehead atoms. The van der Waals surface area contributed by atoms with Gasteiger partial charge >= 0.3 is 0 Å². The number of thiocarbonyl (C=S) groups is 1. The molecule has 0 saturated carbocycles. The van der Waals surface area contributed by atoms with Crippen molar-refractivity contribution in [2.24, 2.45) is 0 Å². The zero-order valence-electron chi connectivity index (χ0n) is 15.2. The van der Waals surface area contributed by atoms with E-state index in [4.69, 9.17) is 28.6 Å². The Morgan fingerprint density at radius 2 is 1.90 bits per heavy atom. The van der Waals surface area contributed by atoms with Crippen LogP contribution in [-0.4, -0.2) is 29.4 Å². The maximum atomic E-state index is 12.0. The number of amides is 3. The van der Waals surface area contributed by atoms with E-state index in [1.54, 1.807) is 18.2 Å². The first kappa shape index (κ1) is 20.5. The molecule has 7 nitrogen and oxygen atoms in total. The molecule has 0 aliphatic carbocycles. The van der Waals surface area contributed by atoms with Crippen molar-refractivity contribution < 1.29 is 19.1 Å². The van der Waals surface area contributed by atoms with Gasteiger partial charge in [0.25, 0.3) is 17.7 Å². The lowest BCUT2D eigenvalue weighted by atomic mass is 10.1. The average molecular weight is 430 g/mol. The summed E-state index contributed by atoms with van der Waals surface area (Å²) >= 11 is 11.0. The summed E-state index contributed by atoms with van der Waals surface area (Å²) in [6, 6.07) is 12.1. The van der Waals surface area contributed by atoms with E-state index < -0.39 is 11.8 Å². The second-order valence-corrected chi connectivity index (χ2v) is 7.01. The molecule has 3 rings (SSSR count). The van der Waals surface area contributed by atoms with Crippen LogP contribution < -0.4 is 20.7 Å². The van der Waals surface area contributed by atoms with Gasteiger partial charge in [0.1, 0.15) is 11.3 Å². The Morgan fingerprint density at radius 1 is 1.17 bits per heavy atom. The fourth-order valence-electron chi connectivity index (χ4n) is 2.56. The highest BCUT2D eigenvalue weighted by Crippen LogP contribution is 2.26. The summed E-state index contributed by atoms with van der Waals surface area (Å²) in [6.45, 7) is 1.70. The Kier molecular flexibility index (Phi) is 6.26. The van der Waals surface area contributed by atoms with Gasteiger partial charge in [-0.3, -0.25) is 25.0 Å². The molecule has 2 aromatic carbocycles. The molecule has 0 spiro atoms. The first-order chi connectivity index (χ1) is 13.8. The van der Waals surface area contributed by atoms with E-state index in [0.717, 1.165) is 5.56 Å². The molecule has 9 heteroatoms. The Balaban J connectivity index is 1.64. The summed E-state index contributed by atoms with van der Waals surface area (Å²) in [7, 11) is 0. The largest absolute Gasteiger partial charge is 0.482 e. The number of carbonyl (C=O) groups excluding carboxylic acids is 3. The van der Waals surface area contributed by atoms with Crippen LogP contribution in [0.4, 0.5) is 5.69 Å². The van der Waals surface area contributed by atoms with Gasteiger partial charge in [0.05, 0.1) is 5.02 Å². The number of anilines is 1. The van der Waals surface area contributed by atoms with E-state index in [1.165, 1.54) is 12.1 Å². The monoisotopic (exact) mass is 429 g/mol. The first-order valence-corrected chi connectivity index (χ1v) is 9.27. The molecular weight excluding hydrogens is 414 g/mol. The predicted molar refractivity (Wildman–Crippen MR) is 114 cm³/mol. The smallest absolute Gasteiger partial charge is 0.263 e. The Hall–Kier alpha value is -3.23. The predicted octanol–water partition coefficient (Wildman–Crippen LogP) is 2.58. The number of rotatable bonds is 5. The van der Waals surface area contributed by atoms with Gasteiger partial charge in [0.2, 0.25) is 0 Å². The van der Waals surface area contributed by atoms with Crippen molar-refractivity contribution in [3.8, 4) is 5.75 Å². The Morgan fingerprint density at radius 3 is 2.55 bits per heavy atom. The van der Waals surface area contributed by atoms with Crippen LogP contribution in [0.15, 0.2) is 48.0 Å². The molecule has 1 aliphatic heterocycles. The molecule has 1 saturated heterocycles. The number of hydrogen-bond donors (Lipinski definition) is 3. The van der Waals surface area contributed by atoms with E-state index >= 15 is 0 Å². The molecule has 0 radical (unpaired) electrons. The zero-order chi connectivity index (χ0) is 21.0. The third-order valence-electron chi connectivity index (χ3n) is 3.87. The minimum Gasteiger partial charge on any atom is -0.482 e. The molecular formula is C20H16ClN3O4S. The van der Waals surface area contributed by atoms with Crippen molar-refractivity contribution in [3.63, 3.8) is 0 Å². The fraction of sp³-hybridized carbons (Fsp3) is 0.100. The van der Waals surface area contributed by atoms with Crippen molar-refractivity contribution >= 4 is 58.4 Å². The van der Waals surface area contributed by atoms with Crippen molar-refractivity contribution in [3.05, 3.63) is 64.2 Å². The van der Waals surface area contributed by atoms with Gasteiger partial charge in [-0.05, 0) is 60.6 Å². The minimum absolute atomic E-state index is 0.0390. The van der Waals surface area contributed by atoms with Crippen LogP contribution in [0.25, 0.3) is 6.08 Å². The van der Waals surface area contributed by atoms with Crippen LogP contribution in [0.5, 0.6) is 5.75 Å². The summed E-state index contributed by atoms with van der Waals surface area (Å²) in [5, 5.41) is 7.63. The van der Waals surface area contributed by atoms with Gasteiger partial charge in [-0.2, -0.15) is 0 Å². The molecule has 3 amide bonds. The summed E-state index contributed by atoms with van der Waals surface area (Å²) in [5.41, 5.74) is 2.12. The van der Waals surface area contributed by atoms with Crippen LogP contribution >= 0.6 is 23.8 Å². The topological polar surface area (TPSA) is 96.5 Å². The van der Waals surface area contributed by atoms with Gasteiger partial charge in [-0.1, -0.05) is 29.8 Å². The van der Waals surface area contributed by atoms with Gasteiger partial charge in [-0.25, -0.2) is 0 Å². The molecule has 2 aromatic rings. The number of halogens is 1. The van der Waals surface area contributed by atoms with Crippen LogP contribution in [0.3, 0.4) is 0 Å². The number of aryl methyl sites for hydroxylation is 1. The van der Waals surface area contributed by atoms with E-state index in [0.29, 0.717) is 17.0 Å². The molecule has 148 valence electrons. The number of nitrogens with one attached hydrogen (secondary N) is 3. The lowest BCUT2D eigenvalue weighted by molar-refractivity contribution is -0.123. The quantitative estimate of drug-likeness (QED) is 0.385. The number of benzene rings is 2. The normalized spacial score (nSPS) is 13.4. The summed E-state index contributed by atoms with van der Waals surface area (Å²) < 4.78 is 5.46. The van der Waals surface area contributed by atoms with E-state index in [1.807, 2.05) is 25.1 Å². The molecule has 0 aromatic heterocycles. The SMILES string of the molecule is Cc1cccc(NC(=O)COc2ccc(C=C3C(=O)NC(=S)NC3=O)cc2Cl)c1. The van der Waals surface area contributed by atoms with Crippen LogP contribution in [-0.2, 0) is 14.4 Å². The highest BCUT2D eigenvalue weighted by Gasteiger charge is 2.25. The lowest BCUT2D eigenvalue weighted by Crippen LogP contribution is -2.51. The molecule has 29 heavy (non-hydrogen) atoms. The highest BCUT2D eigenvalue weighted by molar-refractivity contribution is 7.80. The third kappa shape index (κ3) is 5.40. The first-order valence-electron chi connectivity index (χ1n) is 8.49. The number of carbonyl (C=O) groups is 3. The zero-order valence-corrected chi connectivity index (χ0v) is 16.8. The highest BCUT2D eigenvalue weighted by atomic mass is 35.5. The molecule has 0 atom stereocenters. The number of ether oxygens (including phenoxy) is 1. The van der Waals surface area contributed by atoms with Crippen LogP contribution in [0.2, 0.25) is 5.02 Å². The Bertz CT molecular complexity index is 1030. The third-order valence-corrected chi connectivity index (χ3v) is 4.37. The van der Waals surface area contributed by atoms with E-state index in [9.17, 15) is 14.4 Å². The fourth-order valence-corrected chi connectivity index (χ4v) is 2.99. The molecule has 1 heterocycles. The second kappa shape index (κ2) is 8.85. The maximum absolute atomic E-state index is 12.0. The van der Waals surface area contributed by atoms with Gasteiger partial charge in [-0.15, -0.1) is 0 Å². The molecule has 3 N–H and O–H groups in total. The lowest BCUT2D eigenvalue weighted by Gasteiger charge is -2.16. The van der Waals surface area contributed by atoms with Crippen molar-refractivity contribution in [1.82, 2.24) is 10.6 Å². The second-order valence-electron chi connectivity index (χ2n) is 6.19. The molecule has 0 unspecified atom stereocenters.